The van der Waals surface area contributed by atoms with Gasteiger partial charge in [0, 0.05) is 24.3 Å². The van der Waals surface area contributed by atoms with Crippen molar-refractivity contribution < 1.29 is 19.0 Å². The third-order valence-electron chi connectivity index (χ3n) is 13.3. The SMILES string of the molecule is CCCCCCCCNC(=O)CC[C@@H](C)[C@H]1CC[C@H]2C3C(OC=CC#N)CC4C[C@H](OC=CC#N)CC[C@]4(C)[C@H]3C[C@H](OC=CC#N)[C@]12C. The summed E-state index contributed by atoms with van der Waals surface area (Å²) in [5.41, 5.74) is -0.0799. The molecular weight excluding hydrogens is 612 g/mol. The Labute approximate surface area is 295 Å². The largest absolute Gasteiger partial charge is 0.497 e. The zero-order chi connectivity index (χ0) is 35.3. The summed E-state index contributed by atoms with van der Waals surface area (Å²) in [6.07, 6.45) is 24.4. The number of fused-ring (bicyclic) bond motifs is 5. The first kappa shape index (κ1) is 38.4. The van der Waals surface area contributed by atoms with Crippen molar-refractivity contribution in [2.45, 2.75) is 142 Å². The van der Waals surface area contributed by atoms with Crippen LogP contribution in [-0.2, 0) is 19.0 Å². The molecule has 0 heterocycles. The van der Waals surface area contributed by atoms with Crippen LogP contribution in [0.5, 0.6) is 0 Å². The first-order valence-electron chi connectivity index (χ1n) is 19.1. The highest BCUT2D eigenvalue weighted by molar-refractivity contribution is 5.75. The van der Waals surface area contributed by atoms with Gasteiger partial charge in [0.1, 0.15) is 12.2 Å². The quantitative estimate of drug-likeness (QED) is 0.0927. The molecule has 0 bridgehead atoms. The van der Waals surface area contributed by atoms with E-state index in [1.165, 1.54) is 56.6 Å². The van der Waals surface area contributed by atoms with E-state index in [2.05, 4.69) is 45.2 Å². The number of hydrogen-bond acceptors (Lipinski definition) is 7. The van der Waals surface area contributed by atoms with Gasteiger partial charge in [0.05, 0.1) is 61.3 Å². The van der Waals surface area contributed by atoms with E-state index >= 15 is 0 Å². The van der Waals surface area contributed by atoms with Crippen LogP contribution in [0.1, 0.15) is 124 Å². The summed E-state index contributed by atoms with van der Waals surface area (Å²) in [7, 11) is 0. The van der Waals surface area contributed by atoms with E-state index in [0.29, 0.717) is 41.9 Å². The molecule has 0 aromatic carbocycles. The number of allylic oxidation sites excluding steroid dienone is 3. The summed E-state index contributed by atoms with van der Waals surface area (Å²) in [6, 6.07) is 6.22. The zero-order valence-corrected chi connectivity index (χ0v) is 30.4. The van der Waals surface area contributed by atoms with Crippen LogP contribution < -0.4 is 5.32 Å². The molecule has 1 amide bonds. The van der Waals surface area contributed by atoms with Gasteiger partial charge in [0.25, 0.3) is 0 Å². The number of unbranched alkanes of at least 4 members (excludes halogenated alkanes) is 5. The minimum Gasteiger partial charge on any atom is -0.497 e. The van der Waals surface area contributed by atoms with E-state index in [1.54, 1.807) is 12.5 Å². The minimum atomic E-state index is -0.151. The highest BCUT2D eigenvalue weighted by Crippen LogP contribution is 2.69. The summed E-state index contributed by atoms with van der Waals surface area (Å²) in [6.45, 7) is 10.2. The van der Waals surface area contributed by atoms with E-state index in [-0.39, 0.29) is 35.0 Å². The number of carbonyl (C=O) groups excluding carboxylic acids is 1. The van der Waals surface area contributed by atoms with Crippen LogP contribution in [-0.4, -0.2) is 30.8 Å². The number of carbonyl (C=O) groups is 1. The monoisotopic (exact) mass is 672 g/mol. The second-order valence-corrected chi connectivity index (χ2v) is 15.8. The first-order chi connectivity index (χ1) is 23.7. The van der Waals surface area contributed by atoms with E-state index < -0.39 is 0 Å². The molecule has 8 nitrogen and oxygen atoms in total. The molecule has 0 radical (unpaired) electrons. The van der Waals surface area contributed by atoms with Crippen molar-refractivity contribution >= 4 is 5.91 Å². The van der Waals surface area contributed by atoms with Gasteiger partial charge in [-0.3, -0.25) is 4.79 Å². The van der Waals surface area contributed by atoms with Crippen molar-refractivity contribution in [3.05, 3.63) is 37.0 Å². The lowest BCUT2D eigenvalue weighted by molar-refractivity contribution is -0.209. The molecule has 0 saturated heterocycles. The maximum absolute atomic E-state index is 12.9. The first-order valence-corrected chi connectivity index (χ1v) is 19.1. The molecule has 8 heteroatoms. The number of hydrogen-bond donors (Lipinski definition) is 1. The zero-order valence-electron chi connectivity index (χ0n) is 30.4. The summed E-state index contributed by atoms with van der Waals surface area (Å²) in [5, 5.41) is 30.7. The summed E-state index contributed by atoms with van der Waals surface area (Å²) >= 11 is 0. The fraction of sp³-hybridized carbons (Fsp3) is 0.756. The Bertz CT molecular complexity index is 1290. The summed E-state index contributed by atoms with van der Waals surface area (Å²) < 4.78 is 19.1. The molecule has 0 aromatic rings. The van der Waals surface area contributed by atoms with Crippen LogP contribution >= 0.6 is 0 Å². The Morgan fingerprint density at radius 3 is 2.24 bits per heavy atom. The smallest absolute Gasteiger partial charge is 0.220 e. The van der Waals surface area contributed by atoms with Crippen LogP contribution in [0.2, 0.25) is 0 Å². The minimum absolute atomic E-state index is 0.0252. The number of nitriles is 3. The third-order valence-corrected chi connectivity index (χ3v) is 13.3. The highest BCUT2D eigenvalue weighted by Gasteiger charge is 2.67. The maximum atomic E-state index is 12.9. The average Bonchev–Trinajstić information content (AvgIpc) is 3.45. The molecule has 4 aliphatic rings. The average molecular weight is 673 g/mol. The van der Waals surface area contributed by atoms with Gasteiger partial charge in [-0.2, -0.15) is 15.8 Å². The van der Waals surface area contributed by atoms with Gasteiger partial charge < -0.3 is 19.5 Å². The lowest BCUT2D eigenvalue weighted by atomic mass is 9.43. The molecule has 4 saturated carbocycles. The van der Waals surface area contributed by atoms with Gasteiger partial charge in [-0.25, -0.2) is 0 Å². The molecule has 0 aliphatic heterocycles. The topological polar surface area (TPSA) is 128 Å². The van der Waals surface area contributed by atoms with Gasteiger partial charge in [-0.05, 0) is 92.8 Å². The standard InChI is InChI=1S/C41H60N4O4/c1-5-6-7-8-9-10-23-45-38(46)17-14-30(2)33-15-16-34-39-35(29-37(41(33,34)4)49-26-13-22-44)40(3)19-18-32(47-24-11-20-42)27-31(40)28-36(39)48-25-12-21-43/h11-13,24-26,30-37,39H,5-10,14-19,23,27-29H2,1-4H3,(H,45,46)/t30-,31?,32-,33-,34+,35+,36?,37+,39?,40+,41-/m1/s1. The maximum Gasteiger partial charge on any atom is 0.220 e. The molecule has 3 unspecified atom stereocenters. The van der Waals surface area contributed by atoms with Gasteiger partial charge >= 0.3 is 0 Å². The molecule has 11 atom stereocenters. The molecular formula is C41H60N4O4. The Morgan fingerprint density at radius 2 is 1.53 bits per heavy atom. The Hall–Kier alpha value is -3.44. The lowest BCUT2D eigenvalue weighted by Crippen LogP contribution is -2.63. The van der Waals surface area contributed by atoms with Crippen LogP contribution in [0, 0.1) is 80.3 Å². The van der Waals surface area contributed by atoms with Crippen molar-refractivity contribution in [3.8, 4) is 18.2 Å². The Balaban J connectivity index is 1.52. The second kappa shape index (κ2) is 18.5. The molecule has 4 rings (SSSR count). The molecule has 49 heavy (non-hydrogen) atoms. The normalized spacial score (nSPS) is 35.8. The van der Waals surface area contributed by atoms with Gasteiger partial charge in [0.2, 0.25) is 5.91 Å². The highest BCUT2D eigenvalue weighted by atomic mass is 16.5. The van der Waals surface area contributed by atoms with Crippen LogP contribution in [0.4, 0.5) is 0 Å². The van der Waals surface area contributed by atoms with Crippen molar-refractivity contribution in [1.29, 1.82) is 15.8 Å². The predicted molar refractivity (Wildman–Crippen MR) is 190 cm³/mol. The van der Waals surface area contributed by atoms with Crippen LogP contribution in [0.15, 0.2) is 37.0 Å². The van der Waals surface area contributed by atoms with Crippen molar-refractivity contribution in [2.75, 3.05) is 6.54 Å². The Kier molecular flexibility index (Phi) is 14.5. The number of nitrogens with zero attached hydrogens (tertiary/aromatic N) is 3. The van der Waals surface area contributed by atoms with Gasteiger partial charge in [-0.15, -0.1) is 0 Å². The van der Waals surface area contributed by atoms with Crippen molar-refractivity contribution in [3.63, 3.8) is 0 Å². The number of amides is 1. The van der Waals surface area contributed by atoms with Crippen molar-refractivity contribution in [2.24, 2.45) is 46.3 Å². The number of nitrogens with one attached hydrogen (secondary N) is 1. The molecule has 4 fully saturated rings. The van der Waals surface area contributed by atoms with Crippen LogP contribution in [0.25, 0.3) is 0 Å². The number of rotatable bonds is 17. The fourth-order valence-electron chi connectivity index (χ4n) is 10.8. The summed E-state index contributed by atoms with van der Waals surface area (Å²) in [5.74, 6) is 2.25. The molecule has 268 valence electrons. The van der Waals surface area contributed by atoms with Crippen LogP contribution in [0.3, 0.4) is 0 Å². The molecule has 4 aliphatic carbocycles. The lowest BCUT2D eigenvalue weighted by Gasteiger charge is -2.64. The van der Waals surface area contributed by atoms with Crippen molar-refractivity contribution in [1.82, 2.24) is 5.32 Å². The third kappa shape index (κ3) is 9.03. The number of ether oxygens (including phenoxy) is 3. The molecule has 0 spiro atoms. The van der Waals surface area contributed by atoms with E-state index in [9.17, 15) is 15.3 Å². The van der Waals surface area contributed by atoms with E-state index in [1.807, 2.05) is 6.07 Å². The van der Waals surface area contributed by atoms with E-state index in [4.69, 9.17) is 19.5 Å². The predicted octanol–water partition coefficient (Wildman–Crippen LogP) is 9.03. The van der Waals surface area contributed by atoms with E-state index in [0.717, 1.165) is 64.3 Å². The summed E-state index contributed by atoms with van der Waals surface area (Å²) in [4.78, 5) is 12.9. The molecule has 0 aromatic heterocycles. The fourth-order valence-corrected chi connectivity index (χ4v) is 10.8. The van der Waals surface area contributed by atoms with Gasteiger partial charge in [0.15, 0.2) is 0 Å². The second-order valence-electron chi connectivity index (χ2n) is 15.8. The molecule has 1 N–H and O–H groups in total. The Morgan fingerprint density at radius 1 is 0.857 bits per heavy atom. The van der Waals surface area contributed by atoms with Gasteiger partial charge in [-0.1, -0.05) is 59.8 Å².